The van der Waals surface area contributed by atoms with Gasteiger partial charge in [-0.05, 0) is 44.5 Å². The highest BCUT2D eigenvalue weighted by molar-refractivity contribution is 6.42. The fraction of sp³-hybridized carbons (Fsp3) is 0.562. The first-order chi connectivity index (χ1) is 9.95. The number of carboxylic acid groups (broad SMARTS) is 1. The van der Waals surface area contributed by atoms with Crippen LogP contribution in [0.3, 0.4) is 0 Å². The van der Waals surface area contributed by atoms with Crippen molar-refractivity contribution in [2.45, 2.75) is 44.6 Å². The molecule has 0 aliphatic carbocycles. The number of carbonyl (C=O) groups is 1. The molecule has 1 fully saturated rings. The van der Waals surface area contributed by atoms with Gasteiger partial charge in [0, 0.05) is 0 Å². The van der Waals surface area contributed by atoms with Crippen LogP contribution in [-0.2, 0) is 10.3 Å². The van der Waals surface area contributed by atoms with Crippen molar-refractivity contribution in [3.63, 3.8) is 0 Å². The van der Waals surface area contributed by atoms with Crippen LogP contribution >= 0.6 is 23.2 Å². The van der Waals surface area contributed by atoms with E-state index < -0.39 is 11.5 Å². The summed E-state index contributed by atoms with van der Waals surface area (Å²) in [5.74, 6) is -0.821. The number of aliphatic carboxylic acids is 1. The molecule has 3 nitrogen and oxygen atoms in total. The minimum atomic E-state index is -0.821. The summed E-state index contributed by atoms with van der Waals surface area (Å²) in [4.78, 5) is 13.7. The van der Waals surface area contributed by atoms with E-state index in [0.717, 1.165) is 31.5 Å². The summed E-state index contributed by atoms with van der Waals surface area (Å²) in [5, 5.41) is 10.3. The zero-order valence-corrected chi connectivity index (χ0v) is 13.8. The highest BCUT2D eigenvalue weighted by Gasteiger charge is 2.38. The largest absolute Gasteiger partial charge is 0.481 e. The van der Waals surface area contributed by atoms with Crippen LogP contribution in [0.15, 0.2) is 18.2 Å². The molecule has 0 saturated carbocycles. The lowest BCUT2D eigenvalue weighted by atomic mass is 9.86. The molecule has 1 N–H and O–H groups in total. The molecule has 1 aliphatic heterocycles. The van der Waals surface area contributed by atoms with E-state index >= 15 is 0 Å². The second kappa shape index (κ2) is 6.99. The van der Waals surface area contributed by atoms with Crippen molar-refractivity contribution in [1.82, 2.24) is 4.90 Å². The van der Waals surface area contributed by atoms with Gasteiger partial charge in [0.1, 0.15) is 0 Å². The molecule has 1 aromatic rings. The van der Waals surface area contributed by atoms with Crippen LogP contribution in [0.4, 0.5) is 0 Å². The van der Waals surface area contributed by atoms with E-state index in [1.807, 2.05) is 19.1 Å². The molecule has 116 valence electrons. The predicted molar refractivity (Wildman–Crippen MR) is 86.1 cm³/mol. The van der Waals surface area contributed by atoms with Crippen LogP contribution in [0.2, 0.25) is 10.0 Å². The van der Waals surface area contributed by atoms with Crippen molar-refractivity contribution >= 4 is 29.2 Å². The lowest BCUT2D eigenvalue weighted by Crippen LogP contribution is -2.46. The summed E-state index contributed by atoms with van der Waals surface area (Å²) in [5.41, 5.74) is 0.180. The van der Waals surface area contributed by atoms with Gasteiger partial charge in [-0.2, -0.15) is 0 Å². The van der Waals surface area contributed by atoms with Crippen molar-refractivity contribution < 1.29 is 9.90 Å². The maximum atomic E-state index is 11.4. The Morgan fingerprint density at radius 1 is 1.24 bits per heavy atom. The van der Waals surface area contributed by atoms with E-state index in [4.69, 9.17) is 23.2 Å². The number of hydrogen-bond acceptors (Lipinski definition) is 2. The van der Waals surface area contributed by atoms with Gasteiger partial charge in [0.2, 0.25) is 0 Å². The van der Waals surface area contributed by atoms with Gasteiger partial charge in [-0.15, -0.1) is 0 Å². The van der Waals surface area contributed by atoms with Crippen LogP contribution in [0.1, 0.15) is 44.6 Å². The van der Waals surface area contributed by atoms with Crippen LogP contribution < -0.4 is 0 Å². The molecule has 21 heavy (non-hydrogen) atoms. The molecular formula is C16H21Cl2NO2. The maximum Gasteiger partial charge on any atom is 0.305 e. The standard InChI is InChI=1S/C16H21Cl2NO2/c1-16(11-14(20)21,19-9-4-2-3-5-10-19)12-7-6-8-13(17)15(12)18/h6-8H,2-5,9-11H2,1H3,(H,20,21). The normalized spacial score (nSPS) is 19.8. The second-order valence-corrected chi connectivity index (χ2v) is 6.63. The molecular weight excluding hydrogens is 309 g/mol. The molecule has 1 unspecified atom stereocenters. The Kier molecular flexibility index (Phi) is 5.53. The minimum Gasteiger partial charge on any atom is -0.481 e. The molecule has 0 amide bonds. The summed E-state index contributed by atoms with van der Waals surface area (Å²) in [6.45, 7) is 3.75. The average molecular weight is 330 g/mol. The van der Waals surface area contributed by atoms with Gasteiger partial charge in [-0.3, -0.25) is 9.69 Å². The van der Waals surface area contributed by atoms with Gasteiger partial charge in [-0.1, -0.05) is 48.2 Å². The monoisotopic (exact) mass is 329 g/mol. The SMILES string of the molecule is CC(CC(=O)O)(c1cccc(Cl)c1Cl)N1CCCCCC1. The van der Waals surface area contributed by atoms with Crippen molar-refractivity contribution in [3.05, 3.63) is 33.8 Å². The Morgan fingerprint density at radius 2 is 1.86 bits per heavy atom. The summed E-state index contributed by atoms with van der Waals surface area (Å²) in [6, 6.07) is 5.46. The van der Waals surface area contributed by atoms with Gasteiger partial charge in [-0.25, -0.2) is 0 Å². The lowest BCUT2D eigenvalue weighted by Gasteiger charge is -2.41. The van der Waals surface area contributed by atoms with Crippen molar-refractivity contribution in [1.29, 1.82) is 0 Å². The molecule has 1 saturated heterocycles. The third kappa shape index (κ3) is 3.71. The first-order valence-electron chi connectivity index (χ1n) is 7.36. The molecule has 1 aliphatic rings. The fourth-order valence-electron chi connectivity index (χ4n) is 3.16. The summed E-state index contributed by atoms with van der Waals surface area (Å²) >= 11 is 12.5. The quantitative estimate of drug-likeness (QED) is 0.880. The summed E-state index contributed by atoms with van der Waals surface area (Å²) in [6.07, 6.45) is 4.60. The molecule has 5 heteroatoms. The highest BCUT2D eigenvalue weighted by Crippen LogP contribution is 2.40. The number of likely N-dealkylation sites (tertiary alicyclic amines) is 1. The van der Waals surface area contributed by atoms with Gasteiger partial charge in [0.05, 0.1) is 22.0 Å². The third-order valence-electron chi connectivity index (χ3n) is 4.33. The fourth-order valence-corrected chi connectivity index (χ4v) is 3.66. The molecule has 1 atom stereocenters. The van der Waals surface area contributed by atoms with Crippen molar-refractivity contribution in [2.75, 3.05) is 13.1 Å². The Bertz CT molecular complexity index is 513. The number of benzene rings is 1. The lowest BCUT2D eigenvalue weighted by molar-refractivity contribution is -0.140. The minimum absolute atomic E-state index is 0.0209. The van der Waals surface area contributed by atoms with Crippen molar-refractivity contribution in [2.24, 2.45) is 0 Å². The van der Waals surface area contributed by atoms with E-state index in [2.05, 4.69) is 4.90 Å². The van der Waals surface area contributed by atoms with Gasteiger partial charge < -0.3 is 5.11 Å². The van der Waals surface area contributed by atoms with E-state index in [1.54, 1.807) is 6.07 Å². The molecule has 1 aromatic carbocycles. The Balaban J connectivity index is 2.44. The zero-order chi connectivity index (χ0) is 15.5. The van der Waals surface area contributed by atoms with E-state index in [1.165, 1.54) is 12.8 Å². The smallest absolute Gasteiger partial charge is 0.305 e. The maximum absolute atomic E-state index is 11.4. The average Bonchev–Trinajstić information content (AvgIpc) is 2.70. The Hall–Kier alpha value is -0.770. The van der Waals surface area contributed by atoms with Crippen LogP contribution in [0, 0.1) is 0 Å². The molecule has 0 aromatic heterocycles. The van der Waals surface area contributed by atoms with Crippen LogP contribution in [0.25, 0.3) is 0 Å². The molecule has 2 rings (SSSR count). The topological polar surface area (TPSA) is 40.5 Å². The predicted octanol–water partition coefficient (Wildman–Crippen LogP) is 4.56. The van der Waals surface area contributed by atoms with Crippen LogP contribution in [-0.4, -0.2) is 29.1 Å². The number of halogens is 2. The van der Waals surface area contributed by atoms with Gasteiger partial charge in [0.25, 0.3) is 0 Å². The molecule has 0 radical (unpaired) electrons. The second-order valence-electron chi connectivity index (χ2n) is 5.85. The summed E-state index contributed by atoms with van der Waals surface area (Å²) < 4.78 is 0. The van der Waals surface area contributed by atoms with Crippen LogP contribution in [0.5, 0.6) is 0 Å². The number of rotatable bonds is 4. The Labute approximate surface area is 135 Å². The number of carboxylic acids is 1. The zero-order valence-electron chi connectivity index (χ0n) is 12.2. The first kappa shape index (κ1) is 16.6. The van der Waals surface area contributed by atoms with Gasteiger partial charge in [0.15, 0.2) is 0 Å². The number of hydrogen-bond donors (Lipinski definition) is 1. The molecule has 0 spiro atoms. The molecule has 1 heterocycles. The Morgan fingerprint density at radius 3 is 2.43 bits per heavy atom. The first-order valence-corrected chi connectivity index (χ1v) is 8.12. The van der Waals surface area contributed by atoms with E-state index in [-0.39, 0.29) is 6.42 Å². The third-order valence-corrected chi connectivity index (χ3v) is 5.15. The molecule has 0 bridgehead atoms. The van der Waals surface area contributed by atoms with Gasteiger partial charge >= 0.3 is 5.97 Å². The summed E-state index contributed by atoms with van der Waals surface area (Å²) in [7, 11) is 0. The highest BCUT2D eigenvalue weighted by atomic mass is 35.5. The van der Waals surface area contributed by atoms with E-state index in [0.29, 0.717) is 10.0 Å². The number of nitrogens with zero attached hydrogens (tertiary/aromatic N) is 1. The van der Waals surface area contributed by atoms with E-state index in [9.17, 15) is 9.90 Å². The van der Waals surface area contributed by atoms with Crippen molar-refractivity contribution in [3.8, 4) is 0 Å².